The Bertz CT molecular complexity index is 1220. The predicted octanol–water partition coefficient (Wildman–Crippen LogP) is 2.52. The molecule has 0 saturated carbocycles. The smallest absolute Gasteiger partial charge is 0.410 e. The summed E-state index contributed by atoms with van der Waals surface area (Å²) in [5.41, 5.74) is 3.08. The summed E-state index contributed by atoms with van der Waals surface area (Å²) in [5, 5.41) is 9.71. The van der Waals surface area contributed by atoms with Gasteiger partial charge >= 0.3 is 6.09 Å². The highest BCUT2D eigenvalue weighted by molar-refractivity contribution is 5.81. The normalized spacial score (nSPS) is 14.0. The van der Waals surface area contributed by atoms with Crippen molar-refractivity contribution in [2.24, 2.45) is 0 Å². The summed E-state index contributed by atoms with van der Waals surface area (Å²) in [6.45, 7) is 5.79. The Balaban J connectivity index is 1.55. The highest BCUT2D eigenvalue weighted by atomic mass is 16.6. The summed E-state index contributed by atoms with van der Waals surface area (Å²) in [7, 11) is 0. The van der Waals surface area contributed by atoms with Crippen molar-refractivity contribution in [3.8, 4) is 17.2 Å². The Morgan fingerprint density at radius 2 is 1.90 bits per heavy atom. The quantitative estimate of drug-likeness (QED) is 0.695. The van der Waals surface area contributed by atoms with E-state index in [0.29, 0.717) is 48.6 Å². The molecule has 1 aliphatic rings. The number of nitrogens with zero attached hydrogens (tertiary/aromatic N) is 5. The number of carbonyl (C=O) groups excluding carboxylic acids is 1. The van der Waals surface area contributed by atoms with Gasteiger partial charge in [0.1, 0.15) is 11.9 Å². The molecule has 4 rings (SSSR count). The minimum Gasteiger partial charge on any atom is -0.447 e. The number of aromatic nitrogens is 3. The third kappa shape index (κ3) is 4.33. The molecule has 9 heteroatoms. The van der Waals surface area contributed by atoms with Gasteiger partial charge in [0.2, 0.25) is 0 Å². The molecule has 1 aromatic carbocycles. The first-order valence-electron chi connectivity index (χ1n) is 10.0. The molecular weight excluding hydrogens is 396 g/mol. The number of pyridine rings is 1. The van der Waals surface area contributed by atoms with Gasteiger partial charge in [-0.05, 0) is 37.6 Å². The van der Waals surface area contributed by atoms with Gasteiger partial charge in [-0.1, -0.05) is 6.07 Å². The van der Waals surface area contributed by atoms with E-state index >= 15 is 0 Å². The average Bonchev–Trinajstić information content (AvgIpc) is 2.77. The SMILES string of the molecule is CC(C)OC(=O)N1CCN(c2ncc(-c3ccc4ncc(=O)[nH]c4c3)cc2C#N)CC1. The molecule has 3 aromatic rings. The van der Waals surface area contributed by atoms with Crippen molar-refractivity contribution in [3.05, 3.63) is 52.6 Å². The highest BCUT2D eigenvalue weighted by Gasteiger charge is 2.25. The van der Waals surface area contributed by atoms with Gasteiger partial charge in [0.25, 0.3) is 5.56 Å². The number of ether oxygens (including phenoxy) is 1. The van der Waals surface area contributed by atoms with Crippen LogP contribution in [-0.2, 0) is 4.74 Å². The molecule has 0 bridgehead atoms. The second-order valence-electron chi connectivity index (χ2n) is 7.59. The fourth-order valence-corrected chi connectivity index (χ4v) is 3.55. The van der Waals surface area contributed by atoms with Crippen molar-refractivity contribution in [2.45, 2.75) is 20.0 Å². The van der Waals surface area contributed by atoms with E-state index in [0.717, 1.165) is 11.1 Å². The zero-order chi connectivity index (χ0) is 22.0. The summed E-state index contributed by atoms with van der Waals surface area (Å²) < 4.78 is 5.25. The number of amides is 1. The number of aromatic amines is 1. The number of carbonyl (C=O) groups is 1. The van der Waals surface area contributed by atoms with Gasteiger partial charge < -0.3 is 19.5 Å². The summed E-state index contributed by atoms with van der Waals surface area (Å²) >= 11 is 0. The van der Waals surface area contributed by atoms with E-state index in [-0.39, 0.29) is 17.8 Å². The number of H-pyrrole nitrogens is 1. The summed E-state index contributed by atoms with van der Waals surface area (Å²) in [6.07, 6.45) is 2.48. The lowest BCUT2D eigenvalue weighted by Gasteiger charge is -2.35. The van der Waals surface area contributed by atoms with Crippen LogP contribution in [0.15, 0.2) is 41.5 Å². The van der Waals surface area contributed by atoms with Crippen molar-refractivity contribution in [3.63, 3.8) is 0 Å². The van der Waals surface area contributed by atoms with Crippen molar-refractivity contribution >= 4 is 22.9 Å². The summed E-state index contributed by atoms with van der Waals surface area (Å²) in [5.74, 6) is 0.596. The second-order valence-corrected chi connectivity index (χ2v) is 7.59. The molecule has 0 aliphatic carbocycles. The molecule has 1 saturated heterocycles. The van der Waals surface area contributed by atoms with Crippen LogP contribution in [0, 0.1) is 11.3 Å². The van der Waals surface area contributed by atoms with Crippen LogP contribution >= 0.6 is 0 Å². The maximum absolute atomic E-state index is 12.1. The highest BCUT2D eigenvalue weighted by Crippen LogP contribution is 2.27. The molecule has 1 aliphatic heterocycles. The molecule has 0 unspecified atom stereocenters. The number of nitrogens with one attached hydrogen (secondary N) is 1. The van der Waals surface area contributed by atoms with E-state index in [4.69, 9.17) is 4.74 Å². The maximum atomic E-state index is 12.1. The Kier molecular flexibility index (Phi) is 5.54. The third-order valence-corrected chi connectivity index (χ3v) is 5.07. The summed E-state index contributed by atoms with van der Waals surface area (Å²) in [4.78, 5) is 38.7. The van der Waals surface area contributed by atoms with E-state index in [1.807, 2.05) is 36.9 Å². The maximum Gasteiger partial charge on any atom is 0.410 e. The number of piperazine rings is 1. The predicted molar refractivity (Wildman–Crippen MR) is 116 cm³/mol. The third-order valence-electron chi connectivity index (χ3n) is 5.07. The van der Waals surface area contributed by atoms with E-state index in [9.17, 15) is 14.9 Å². The van der Waals surface area contributed by atoms with Crippen LogP contribution in [0.5, 0.6) is 0 Å². The number of anilines is 1. The number of rotatable bonds is 3. The molecule has 31 heavy (non-hydrogen) atoms. The van der Waals surface area contributed by atoms with Crippen LogP contribution in [-0.4, -0.2) is 58.2 Å². The Morgan fingerprint density at radius 1 is 1.13 bits per heavy atom. The van der Waals surface area contributed by atoms with E-state index in [1.54, 1.807) is 17.2 Å². The fraction of sp³-hybridized carbons (Fsp3) is 0.318. The first-order valence-corrected chi connectivity index (χ1v) is 10.0. The van der Waals surface area contributed by atoms with Gasteiger partial charge in [-0.15, -0.1) is 0 Å². The number of benzene rings is 1. The molecule has 158 valence electrons. The average molecular weight is 418 g/mol. The van der Waals surface area contributed by atoms with Crippen LogP contribution in [0.1, 0.15) is 19.4 Å². The van der Waals surface area contributed by atoms with Crippen LogP contribution < -0.4 is 10.5 Å². The van der Waals surface area contributed by atoms with Crippen molar-refractivity contribution in [1.29, 1.82) is 5.26 Å². The largest absolute Gasteiger partial charge is 0.447 e. The lowest BCUT2D eigenvalue weighted by atomic mass is 10.0. The van der Waals surface area contributed by atoms with Gasteiger partial charge in [0.05, 0.1) is 28.9 Å². The van der Waals surface area contributed by atoms with Gasteiger partial charge in [-0.2, -0.15) is 5.26 Å². The molecule has 0 atom stereocenters. The molecule has 9 nitrogen and oxygen atoms in total. The summed E-state index contributed by atoms with van der Waals surface area (Å²) in [6, 6.07) is 9.53. The molecular formula is C22H22N6O3. The Morgan fingerprint density at radius 3 is 2.61 bits per heavy atom. The van der Waals surface area contributed by atoms with Crippen LogP contribution in [0.4, 0.5) is 10.6 Å². The fourth-order valence-electron chi connectivity index (χ4n) is 3.55. The minimum atomic E-state index is -0.317. The molecule has 1 amide bonds. The monoisotopic (exact) mass is 418 g/mol. The standard InChI is InChI=1S/C22H22N6O3/c1-14(2)31-22(30)28-7-5-27(6-8-28)21-16(11-23)9-17(12-25-21)15-3-4-18-19(10-15)26-20(29)13-24-18/h3-4,9-10,12-14H,5-8H2,1-2H3,(H,26,29). The molecule has 2 aromatic heterocycles. The lowest BCUT2D eigenvalue weighted by Crippen LogP contribution is -2.49. The van der Waals surface area contributed by atoms with Gasteiger partial charge in [-0.25, -0.2) is 14.8 Å². The van der Waals surface area contributed by atoms with E-state index in [2.05, 4.69) is 21.0 Å². The topological polar surface area (TPSA) is 115 Å². The first-order chi connectivity index (χ1) is 14.9. The van der Waals surface area contributed by atoms with Gasteiger partial charge in [0.15, 0.2) is 0 Å². The Hall–Kier alpha value is -3.93. The number of hydrogen-bond acceptors (Lipinski definition) is 7. The number of fused-ring (bicyclic) bond motifs is 1. The zero-order valence-corrected chi connectivity index (χ0v) is 17.3. The number of nitriles is 1. The zero-order valence-electron chi connectivity index (χ0n) is 17.3. The van der Waals surface area contributed by atoms with Crippen molar-refractivity contribution in [1.82, 2.24) is 19.9 Å². The molecule has 1 N–H and O–H groups in total. The Labute approximate surface area is 178 Å². The molecule has 0 radical (unpaired) electrons. The van der Waals surface area contributed by atoms with Gasteiger partial charge in [-0.3, -0.25) is 4.79 Å². The number of hydrogen-bond donors (Lipinski definition) is 1. The van der Waals surface area contributed by atoms with Crippen molar-refractivity contribution < 1.29 is 9.53 Å². The molecule has 3 heterocycles. The van der Waals surface area contributed by atoms with Gasteiger partial charge in [0, 0.05) is 37.9 Å². The van der Waals surface area contributed by atoms with E-state index < -0.39 is 0 Å². The molecule has 1 fully saturated rings. The van der Waals surface area contributed by atoms with Crippen LogP contribution in [0.2, 0.25) is 0 Å². The van der Waals surface area contributed by atoms with Crippen molar-refractivity contribution in [2.75, 3.05) is 31.1 Å². The minimum absolute atomic E-state index is 0.159. The van der Waals surface area contributed by atoms with Crippen LogP contribution in [0.25, 0.3) is 22.2 Å². The van der Waals surface area contributed by atoms with Crippen LogP contribution in [0.3, 0.4) is 0 Å². The second kappa shape index (κ2) is 8.44. The molecule has 0 spiro atoms. The van der Waals surface area contributed by atoms with E-state index in [1.165, 1.54) is 6.20 Å². The lowest BCUT2D eigenvalue weighted by molar-refractivity contribution is 0.0751. The first kappa shape index (κ1) is 20.3.